The number of likely N-dealkylation sites (N-methyl/N-ethyl adjacent to an activating group) is 3. The van der Waals surface area contributed by atoms with Crippen LogP contribution in [0.2, 0.25) is 0 Å². The summed E-state index contributed by atoms with van der Waals surface area (Å²) in [6.07, 6.45) is 3.56. The topological polar surface area (TPSA) is 345 Å². The van der Waals surface area contributed by atoms with E-state index in [1.54, 1.807) is 69.4 Å². The molecule has 2 saturated heterocycles. The SMILES string of the molecule is CC(C)[C@H](NC(=O)[C@@H]1CCCN1C(=O)C1(NC(=O)CCOCCOCCOCCOCCNC(=O)CBr)CC1C(N)=O)C(=O)Nc1ccc(COC(=O)N(C)CCN(C)C(=O)n2ccc3c(N(C)[C@H]4CN(C(=O)CC#N)CC[C@H]4C)ncnc32)cc1. The number of aromatic nitrogens is 3. The summed E-state index contributed by atoms with van der Waals surface area (Å²) in [4.78, 5) is 135. The average molecular weight is 1270 g/mol. The van der Waals surface area contributed by atoms with Crippen LogP contribution in [0.3, 0.4) is 0 Å². The van der Waals surface area contributed by atoms with Crippen LogP contribution in [-0.4, -0.2) is 230 Å². The molecule has 86 heavy (non-hydrogen) atoms. The highest BCUT2D eigenvalue weighted by atomic mass is 79.9. The Morgan fingerprint density at radius 3 is 2.16 bits per heavy atom. The number of piperidine rings is 1. The van der Waals surface area contributed by atoms with Crippen LogP contribution in [0.15, 0.2) is 42.9 Å². The number of nitrogens with one attached hydrogen (secondary N) is 4. The van der Waals surface area contributed by atoms with Crippen molar-refractivity contribution in [1.82, 2.24) is 50.1 Å². The Labute approximate surface area is 508 Å². The number of fused-ring (bicyclic) bond motifs is 1. The predicted molar refractivity (Wildman–Crippen MR) is 316 cm³/mol. The maximum atomic E-state index is 14.2. The van der Waals surface area contributed by atoms with Crippen molar-refractivity contribution in [2.24, 2.45) is 23.5 Å². The third-order valence-electron chi connectivity index (χ3n) is 15.4. The molecule has 2 aliphatic heterocycles. The fourth-order valence-electron chi connectivity index (χ4n) is 10.2. The third kappa shape index (κ3) is 18.5. The van der Waals surface area contributed by atoms with Gasteiger partial charge in [-0.25, -0.2) is 19.6 Å². The van der Waals surface area contributed by atoms with Gasteiger partial charge in [-0.05, 0) is 61.3 Å². The number of halogens is 1. The van der Waals surface area contributed by atoms with Gasteiger partial charge in [0.1, 0.15) is 42.8 Å². The first-order valence-electron chi connectivity index (χ1n) is 28.8. The number of alkyl halides is 1. The van der Waals surface area contributed by atoms with Gasteiger partial charge in [0.05, 0.1) is 81.6 Å². The molecule has 4 heterocycles. The van der Waals surface area contributed by atoms with Crippen molar-refractivity contribution in [2.45, 2.75) is 89.6 Å². The molecule has 0 bridgehead atoms. The summed E-state index contributed by atoms with van der Waals surface area (Å²) in [6.45, 7) is 9.65. The van der Waals surface area contributed by atoms with Crippen LogP contribution in [-0.2, 0) is 63.9 Å². The minimum Gasteiger partial charge on any atom is -0.445 e. The van der Waals surface area contributed by atoms with Gasteiger partial charge in [0.15, 0.2) is 5.65 Å². The molecule has 0 spiro atoms. The summed E-state index contributed by atoms with van der Waals surface area (Å²) in [5.74, 6) is -3.85. The Hall–Kier alpha value is -7.52. The number of nitriles is 1. The van der Waals surface area contributed by atoms with Gasteiger partial charge in [0, 0.05) is 78.7 Å². The molecule has 28 nitrogen and oxygen atoms in total. The predicted octanol–water partition coefficient (Wildman–Crippen LogP) is 1.58. The molecule has 29 heteroatoms. The second-order valence-corrected chi connectivity index (χ2v) is 22.4. The molecule has 1 aromatic carbocycles. The minimum absolute atomic E-state index is 0.00982. The Balaban J connectivity index is 0.905. The Bertz CT molecular complexity index is 2890. The average Bonchev–Trinajstić information content (AvgIpc) is 1.61. The smallest absolute Gasteiger partial charge is 0.409 e. The van der Waals surface area contributed by atoms with Crippen LogP contribution >= 0.6 is 15.9 Å². The Morgan fingerprint density at radius 2 is 1.52 bits per heavy atom. The molecule has 2 unspecified atom stereocenters. The van der Waals surface area contributed by atoms with Crippen molar-refractivity contribution >= 4 is 91.9 Å². The highest BCUT2D eigenvalue weighted by Gasteiger charge is 2.66. The molecule has 3 fully saturated rings. The molecule has 2 aromatic heterocycles. The lowest BCUT2D eigenvalue weighted by atomic mass is 9.92. The van der Waals surface area contributed by atoms with Crippen LogP contribution in [0.25, 0.3) is 11.0 Å². The number of benzene rings is 1. The number of ether oxygens (including phenoxy) is 5. The largest absolute Gasteiger partial charge is 0.445 e. The maximum absolute atomic E-state index is 14.2. The number of hydrogen-bond donors (Lipinski definition) is 5. The standard InChI is InChI=1S/C57H81BrN14O14/c1-37(2)48(65-52(77)43-8-7-19-71(43)54(79)57(32-42(57)49(60)76)66-45(73)16-24-82-26-28-84-30-31-85-29-27-83-25-18-61-46(74)33-58)53(78)64-40-11-9-39(10-12-40)35-86-56(81)68(5)23-22-67(4)55(80)72-21-15-41-50(62-36-63-51(41)72)69(6)44-34-70(20-14-38(44)3)47(75)13-17-59/h9-12,15,21,36-38,42-44,48H,7-8,13-14,16,18-20,22-35H2,1-6H3,(H2,60,76)(H,61,74)(H,64,78)(H,65,77)(H,66,73)/t38-,42?,43+,44+,48+,57?/m1/s1. The van der Waals surface area contributed by atoms with Gasteiger partial charge in [-0.3, -0.25) is 38.1 Å². The van der Waals surface area contributed by atoms with Gasteiger partial charge in [0.2, 0.25) is 41.4 Å². The van der Waals surface area contributed by atoms with Crippen LogP contribution in [0.5, 0.6) is 0 Å². The summed E-state index contributed by atoms with van der Waals surface area (Å²) < 4.78 is 28.8. The monoisotopic (exact) mass is 1260 g/mol. The van der Waals surface area contributed by atoms with E-state index < -0.39 is 59.2 Å². The highest BCUT2D eigenvalue weighted by molar-refractivity contribution is 9.09. The van der Waals surface area contributed by atoms with E-state index in [4.69, 9.17) is 34.7 Å². The first kappa shape index (κ1) is 67.6. The number of primary amides is 1. The van der Waals surface area contributed by atoms with Gasteiger partial charge in [-0.1, -0.05) is 48.8 Å². The number of carbonyl (C=O) groups is 9. The van der Waals surface area contributed by atoms with E-state index in [0.29, 0.717) is 87.2 Å². The van der Waals surface area contributed by atoms with Crippen molar-refractivity contribution in [1.29, 1.82) is 5.26 Å². The summed E-state index contributed by atoms with van der Waals surface area (Å²) in [6, 6.07) is 7.84. The quantitative estimate of drug-likeness (QED) is 0.0438. The molecule has 3 aliphatic rings. The van der Waals surface area contributed by atoms with E-state index in [1.165, 1.54) is 25.6 Å². The number of anilines is 2. The molecule has 1 saturated carbocycles. The zero-order valence-corrected chi connectivity index (χ0v) is 51.3. The normalized spacial score (nSPS) is 19.2. The van der Waals surface area contributed by atoms with Crippen LogP contribution in [0, 0.1) is 29.1 Å². The molecule has 6 rings (SSSR count). The van der Waals surface area contributed by atoms with Crippen LogP contribution < -0.4 is 31.9 Å². The molecule has 0 radical (unpaired) electrons. The minimum atomic E-state index is -1.62. The number of amides is 9. The van der Waals surface area contributed by atoms with Crippen molar-refractivity contribution in [2.75, 3.05) is 129 Å². The van der Waals surface area contributed by atoms with Gasteiger partial charge < -0.3 is 75.2 Å². The number of hydrogen-bond acceptors (Lipinski definition) is 18. The summed E-state index contributed by atoms with van der Waals surface area (Å²) in [5.41, 5.74) is 5.45. The lowest BCUT2D eigenvalue weighted by Crippen LogP contribution is -2.58. The molecule has 9 amide bonds. The van der Waals surface area contributed by atoms with Gasteiger partial charge in [-0.2, -0.15) is 5.26 Å². The number of likely N-dealkylation sites (tertiary alicyclic amines) is 2. The number of nitrogens with two attached hydrogens (primary N) is 1. The van der Waals surface area contributed by atoms with Gasteiger partial charge >= 0.3 is 12.1 Å². The Morgan fingerprint density at radius 1 is 0.860 bits per heavy atom. The van der Waals surface area contributed by atoms with Crippen molar-refractivity contribution in [3.63, 3.8) is 0 Å². The van der Waals surface area contributed by atoms with Crippen molar-refractivity contribution < 1.29 is 66.8 Å². The van der Waals surface area contributed by atoms with E-state index in [-0.39, 0.29) is 113 Å². The van der Waals surface area contributed by atoms with Crippen LogP contribution in [0.1, 0.15) is 64.9 Å². The fraction of sp³-hybridized carbons (Fsp3) is 0.614. The Kier molecular flexibility index (Phi) is 25.8. The first-order valence-corrected chi connectivity index (χ1v) is 29.9. The summed E-state index contributed by atoms with van der Waals surface area (Å²) >= 11 is 3.07. The molecule has 470 valence electrons. The molecule has 3 aromatic rings. The lowest BCUT2D eigenvalue weighted by Gasteiger charge is -2.42. The zero-order valence-electron chi connectivity index (χ0n) is 49.8. The number of nitrogens with zero attached hydrogens (tertiary/aromatic N) is 9. The fourth-order valence-corrected chi connectivity index (χ4v) is 10.4. The van der Waals surface area contributed by atoms with E-state index in [0.717, 1.165) is 6.42 Å². The van der Waals surface area contributed by atoms with Crippen LogP contribution in [0.4, 0.5) is 21.1 Å². The van der Waals surface area contributed by atoms with Gasteiger partial charge in [0.25, 0.3) is 0 Å². The molecular weight excluding hydrogens is 1180 g/mol. The maximum Gasteiger partial charge on any atom is 0.409 e. The molecule has 6 N–H and O–H groups in total. The summed E-state index contributed by atoms with van der Waals surface area (Å²) in [5, 5.41) is 21.0. The van der Waals surface area contributed by atoms with E-state index in [9.17, 15) is 43.2 Å². The second-order valence-electron chi connectivity index (χ2n) is 21.9. The van der Waals surface area contributed by atoms with Crippen molar-refractivity contribution in [3.8, 4) is 6.07 Å². The number of carbonyl (C=O) groups excluding carboxylic acids is 9. The van der Waals surface area contributed by atoms with Crippen molar-refractivity contribution in [3.05, 3.63) is 48.4 Å². The molecule has 6 atom stereocenters. The molecule has 1 aliphatic carbocycles. The zero-order chi connectivity index (χ0) is 62.5. The van der Waals surface area contributed by atoms with E-state index >= 15 is 0 Å². The first-order chi connectivity index (χ1) is 41.2. The third-order valence-corrected chi connectivity index (χ3v) is 15.9. The second kappa shape index (κ2) is 32.8. The van der Waals surface area contributed by atoms with E-state index in [2.05, 4.69) is 54.1 Å². The lowest BCUT2D eigenvalue weighted by molar-refractivity contribution is -0.144. The number of rotatable bonds is 32. The highest BCUT2D eigenvalue weighted by Crippen LogP contribution is 2.46. The van der Waals surface area contributed by atoms with Gasteiger partial charge in [-0.15, -0.1) is 0 Å². The summed E-state index contributed by atoms with van der Waals surface area (Å²) in [7, 11) is 5.06. The molecular formula is C57H81BrN14O14. The van der Waals surface area contributed by atoms with E-state index in [1.807, 2.05) is 18.0 Å².